The Hall–Kier alpha value is -0.870. The molecule has 0 aromatic rings. The summed E-state index contributed by atoms with van der Waals surface area (Å²) in [6.45, 7) is 5.39. The summed E-state index contributed by atoms with van der Waals surface area (Å²) in [6, 6.07) is 0.0352. The van der Waals surface area contributed by atoms with Crippen molar-refractivity contribution in [2.75, 3.05) is 26.2 Å². The molecule has 0 saturated carbocycles. The molecule has 2 N–H and O–H groups in total. The molecule has 0 bridgehead atoms. The first-order valence-corrected chi connectivity index (χ1v) is 5.01. The summed E-state index contributed by atoms with van der Waals surface area (Å²) in [6.07, 6.45) is 3.64. The smallest absolute Gasteiger partial charge is 0.236 e. The first-order chi connectivity index (χ1) is 6.79. The van der Waals surface area contributed by atoms with E-state index in [0.717, 1.165) is 19.4 Å². The van der Waals surface area contributed by atoms with E-state index in [-0.39, 0.29) is 18.6 Å². The number of rotatable bonds is 5. The molecular weight excluding hydrogens is 180 g/mol. The summed E-state index contributed by atoms with van der Waals surface area (Å²) in [7, 11) is 0. The Bertz CT molecular complexity index is 206. The predicted molar refractivity (Wildman–Crippen MR) is 54.9 cm³/mol. The maximum absolute atomic E-state index is 11.6. The molecule has 1 rings (SSSR count). The minimum Gasteiger partial charge on any atom is -0.394 e. The van der Waals surface area contributed by atoms with Crippen molar-refractivity contribution in [2.45, 2.75) is 18.9 Å². The van der Waals surface area contributed by atoms with E-state index in [1.54, 1.807) is 11.0 Å². The molecule has 0 aromatic carbocycles. The highest BCUT2D eigenvalue weighted by atomic mass is 16.3. The Kier molecular flexibility index (Phi) is 4.62. The van der Waals surface area contributed by atoms with Gasteiger partial charge in [-0.2, -0.15) is 0 Å². The second-order valence-corrected chi connectivity index (χ2v) is 3.49. The molecule has 1 saturated heterocycles. The van der Waals surface area contributed by atoms with Crippen LogP contribution < -0.4 is 5.32 Å². The second kappa shape index (κ2) is 5.78. The zero-order valence-corrected chi connectivity index (χ0v) is 8.41. The van der Waals surface area contributed by atoms with Crippen molar-refractivity contribution < 1.29 is 9.90 Å². The number of hydrogen-bond donors (Lipinski definition) is 2. The van der Waals surface area contributed by atoms with Crippen LogP contribution in [0.2, 0.25) is 0 Å². The SMILES string of the molecule is C=CCNCC(=O)N1CCC[C@@H]1CO. The lowest BCUT2D eigenvalue weighted by molar-refractivity contribution is -0.131. The van der Waals surface area contributed by atoms with E-state index in [4.69, 9.17) is 5.11 Å². The van der Waals surface area contributed by atoms with Crippen molar-refractivity contribution in [1.82, 2.24) is 10.2 Å². The highest BCUT2D eigenvalue weighted by Gasteiger charge is 2.27. The van der Waals surface area contributed by atoms with Crippen LogP contribution in [0.4, 0.5) is 0 Å². The topological polar surface area (TPSA) is 52.6 Å². The minimum absolute atomic E-state index is 0.0352. The fourth-order valence-electron chi connectivity index (χ4n) is 1.74. The molecule has 80 valence electrons. The molecule has 1 aliphatic rings. The summed E-state index contributed by atoms with van der Waals surface area (Å²) in [5.74, 6) is 0.0726. The third-order valence-corrected chi connectivity index (χ3v) is 2.47. The molecule has 0 unspecified atom stereocenters. The number of aliphatic hydroxyl groups is 1. The summed E-state index contributed by atoms with van der Waals surface area (Å²) < 4.78 is 0. The van der Waals surface area contributed by atoms with Gasteiger partial charge in [-0.25, -0.2) is 0 Å². The van der Waals surface area contributed by atoms with Crippen LogP contribution in [0.5, 0.6) is 0 Å². The zero-order valence-electron chi connectivity index (χ0n) is 8.41. The monoisotopic (exact) mass is 198 g/mol. The van der Waals surface area contributed by atoms with Gasteiger partial charge in [-0.15, -0.1) is 6.58 Å². The molecule has 0 radical (unpaired) electrons. The van der Waals surface area contributed by atoms with Gasteiger partial charge in [0, 0.05) is 13.1 Å². The zero-order chi connectivity index (χ0) is 10.4. The number of hydrogen-bond acceptors (Lipinski definition) is 3. The van der Waals surface area contributed by atoms with E-state index >= 15 is 0 Å². The molecule has 4 nitrogen and oxygen atoms in total. The maximum Gasteiger partial charge on any atom is 0.236 e. The summed E-state index contributed by atoms with van der Waals surface area (Å²) in [4.78, 5) is 13.4. The lowest BCUT2D eigenvalue weighted by Gasteiger charge is -2.22. The van der Waals surface area contributed by atoms with Gasteiger partial charge in [0.15, 0.2) is 0 Å². The molecule has 0 spiro atoms. The molecule has 0 aliphatic carbocycles. The average molecular weight is 198 g/mol. The largest absolute Gasteiger partial charge is 0.394 e. The molecule has 1 heterocycles. The van der Waals surface area contributed by atoms with Crippen molar-refractivity contribution in [3.8, 4) is 0 Å². The number of likely N-dealkylation sites (tertiary alicyclic amines) is 1. The standard InChI is InChI=1S/C10H18N2O2/c1-2-5-11-7-10(14)12-6-3-4-9(12)8-13/h2,9,11,13H,1,3-8H2/t9-/m1/s1. The van der Waals surface area contributed by atoms with Gasteiger partial charge in [0.25, 0.3) is 0 Å². The number of amides is 1. The van der Waals surface area contributed by atoms with Crippen molar-refractivity contribution >= 4 is 5.91 Å². The van der Waals surface area contributed by atoms with Gasteiger partial charge in [0.1, 0.15) is 0 Å². The quantitative estimate of drug-likeness (QED) is 0.473. The average Bonchev–Trinajstić information content (AvgIpc) is 2.65. The Morgan fingerprint density at radius 2 is 2.50 bits per heavy atom. The van der Waals surface area contributed by atoms with E-state index in [1.165, 1.54) is 0 Å². The van der Waals surface area contributed by atoms with Crippen LogP contribution in [0.25, 0.3) is 0 Å². The Labute approximate surface area is 84.6 Å². The van der Waals surface area contributed by atoms with Crippen molar-refractivity contribution in [1.29, 1.82) is 0 Å². The number of nitrogens with zero attached hydrogens (tertiary/aromatic N) is 1. The molecule has 0 aromatic heterocycles. The van der Waals surface area contributed by atoms with E-state index in [0.29, 0.717) is 13.1 Å². The Balaban J connectivity index is 2.31. The van der Waals surface area contributed by atoms with E-state index in [2.05, 4.69) is 11.9 Å². The molecular formula is C10H18N2O2. The van der Waals surface area contributed by atoms with E-state index in [1.807, 2.05) is 0 Å². The molecule has 1 aliphatic heterocycles. The maximum atomic E-state index is 11.6. The lowest BCUT2D eigenvalue weighted by atomic mass is 10.2. The van der Waals surface area contributed by atoms with Crippen LogP contribution in [0.1, 0.15) is 12.8 Å². The summed E-state index contributed by atoms with van der Waals surface area (Å²) in [5, 5.41) is 12.0. The third kappa shape index (κ3) is 2.82. The third-order valence-electron chi connectivity index (χ3n) is 2.47. The fourth-order valence-corrected chi connectivity index (χ4v) is 1.74. The van der Waals surface area contributed by atoms with E-state index < -0.39 is 0 Å². The predicted octanol–water partition coefficient (Wildman–Crippen LogP) is -0.255. The molecule has 4 heteroatoms. The minimum atomic E-state index is 0.0352. The van der Waals surface area contributed by atoms with Crippen LogP contribution >= 0.6 is 0 Å². The summed E-state index contributed by atoms with van der Waals surface area (Å²) in [5.41, 5.74) is 0. The number of aliphatic hydroxyl groups excluding tert-OH is 1. The van der Waals surface area contributed by atoms with Crippen LogP contribution in [0, 0.1) is 0 Å². The van der Waals surface area contributed by atoms with Gasteiger partial charge < -0.3 is 15.3 Å². The first-order valence-electron chi connectivity index (χ1n) is 5.01. The van der Waals surface area contributed by atoms with Crippen LogP contribution in [0.15, 0.2) is 12.7 Å². The highest BCUT2D eigenvalue weighted by molar-refractivity contribution is 5.78. The van der Waals surface area contributed by atoms with Gasteiger partial charge >= 0.3 is 0 Å². The molecule has 14 heavy (non-hydrogen) atoms. The first kappa shape index (κ1) is 11.2. The highest BCUT2D eigenvalue weighted by Crippen LogP contribution is 2.16. The van der Waals surface area contributed by atoms with Crippen molar-refractivity contribution in [3.05, 3.63) is 12.7 Å². The molecule has 1 amide bonds. The number of carbonyl (C=O) groups excluding carboxylic acids is 1. The normalized spacial score (nSPS) is 21.2. The van der Waals surface area contributed by atoms with Crippen LogP contribution in [-0.4, -0.2) is 48.2 Å². The fraction of sp³-hybridized carbons (Fsp3) is 0.700. The summed E-state index contributed by atoms with van der Waals surface area (Å²) >= 11 is 0. The van der Waals surface area contributed by atoms with E-state index in [9.17, 15) is 4.79 Å². The van der Waals surface area contributed by atoms with Gasteiger partial charge in [0.2, 0.25) is 5.91 Å². The molecule has 1 fully saturated rings. The Morgan fingerprint density at radius 1 is 1.71 bits per heavy atom. The van der Waals surface area contributed by atoms with Crippen molar-refractivity contribution in [3.63, 3.8) is 0 Å². The van der Waals surface area contributed by atoms with Gasteiger partial charge in [-0.1, -0.05) is 6.08 Å². The van der Waals surface area contributed by atoms with Gasteiger partial charge in [-0.05, 0) is 12.8 Å². The van der Waals surface area contributed by atoms with Gasteiger partial charge in [0.05, 0.1) is 19.2 Å². The number of carbonyl (C=O) groups is 1. The number of nitrogens with one attached hydrogen (secondary N) is 1. The van der Waals surface area contributed by atoms with Crippen LogP contribution in [0.3, 0.4) is 0 Å². The van der Waals surface area contributed by atoms with Crippen molar-refractivity contribution in [2.24, 2.45) is 0 Å². The second-order valence-electron chi connectivity index (χ2n) is 3.49. The molecule has 1 atom stereocenters. The van der Waals surface area contributed by atoms with Crippen LogP contribution in [-0.2, 0) is 4.79 Å². The lowest BCUT2D eigenvalue weighted by Crippen LogP contribution is -2.42. The van der Waals surface area contributed by atoms with Gasteiger partial charge in [-0.3, -0.25) is 4.79 Å². The Morgan fingerprint density at radius 3 is 3.14 bits per heavy atom.